The molecule has 1 unspecified atom stereocenters. The van der Waals surface area contributed by atoms with E-state index in [0.717, 1.165) is 0 Å². The number of carbonyl (C=O) groups excluding carboxylic acids is 2. The number of carboxylic acid groups (broad SMARTS) is 1. The van der Waals surface area contributed by atoms with Crippen LogP contribution < -0.4 is 5.32 Å². The van der Waals surface area contributed by atoms with Crippen LogP contribution in [0.1, 0.15) is 37.0 Å². The molecule has 1 rings (SSSR count). The molecule has 1 aromatic rings. The Morgan fingerprint density at radius 1 is 1.15 bits per heavy atom. The van der Waals surface area contributed by atoms with E-state index in [1.165, 1.54) is 13.8 Å². The molecule has 0 bridgehead atoms. The van der Waals surface area contributed by atoms with Gasteiger partial charge in [0.05, 0.1) is 0 Å². The first-order valence-electron chi connectivity index (χ1n) is 7.75. The van der Waals surface area contributed by atoms with Gasteiger partial charge in [-0.05, 0) is 20.3 Å². The van der Waals surface area contributed by atoms with Crippen molar-refractivity contribution in [1.29, 1.82) is 0 Å². The summed E-state index contributed by atoms with van der Waals surface area (Å²) in [7, 11) is 0. The fraction of sp³-hybridized carbons (Fsp3) is 0.471. The number of aliphatic carboxylic acids is 1. The van der Waals surface area contributed by atoms with Gasteiger partial charge in [-0.3, -0.25) is 19.7 Å². The number of ether oxygens (including phenoxy) is 1. The molecular formula is C17H20Cl3NO5. The number of nitrogens with one attached hydrogen (secondary N) is 1. The van der Waals surface area contributed by atoms with Crippen LogP contribution in [0.3, 0.4) is 0 Å². The standard InChI is InChI=1S/C17H20Cl3NO5/c1-16(2,15(25)26-10-17(18,19)20)21-12(14(23)24)8-9-13(22)11-6-4-3-5-7-11/h3-7,12,21H,8-10H2,1-2H3,(H,23,24). The third-order valence-electron chi connectivity index (χ3n) is 3.47. The van der Waals surface area contributed by atoms with Gasteiger partial charge in [-0.25, -0.2) is 0 Å². The molecule has 0 aliphatic carbocycles. The van der Waals surface area contributed by atoms with Crippen LogP contribution in [0.4, 0.5) is 0 Å². The third kappa shape index (κ3) is 7.91. The summed E-state index contributed by atoms with van der Waals surface area (Å²) in [4.78, 5) is 35.7. The largest absolute Gasteiger partial charge is 0.480 e. The van der Waals surface area contributed by atoms with Crippen molar-refractivity contribution in [3.8, 4) is 0 Å². The monoisotopic (exact) mass is 423 g/mol. The van der Waals surface area contributed by atoms with Gasteiger partial charge in [-0.2, -0.15) is 0 Å². The lowest BCUT2D eigenvalue weighted by atomic mass is 9.99. The minimum atomic E-state index is -1.76. The van der Waals surface area contributed by atoms with Gasteiger partial charge in [0, 0.05) is 12.0 Å². The highest BCUT2D eigenvalue weighted by atomic mass is 35.6. The fourth-order valence-electron chi connectivity index (χ4n) is 2.12. The number of ketones is 1. The molecule has 9 heteroatoms. The van der Waals surface area contributed by atoms with Crippen molar-refractivity contribution in [2.24, 2.45) is 0 Å². The lowest BCUT2D eigenvalue weighted by Gasteiger charge is -2.28. The SMILES string of the molecule is CC(C)(NC(CCC(=O)c1ccccc1)C(=O)O)C(=O)OCC(Cl)(Cl)Cl. The molecule has 0 heterocycles. The van der Waals surface area contributed by atoms with E-state index in [-0.39, 0.29) is 18.6 Å². The van der Waals surface area contributed by atoms with E-state index in [9.17, 15) is 19.5 Å². The van der Waals surface area contributed by atoms with Crippen LogP contribution in [0.2, 0.25) is 0 Å². The van der Waals surface area contributed by atoms with Crippen LogP contribution in [0.25, 0.3) is 0 Å². The number of halogens is 3. The summed E-state index contributed by atoms with van der Waals surface area (Å²) >= 11 is 16.6. The first-order chi connectivity index (χ1) is 11.9. The Morgan fingerprint density at radius 3 is 2.23 bits per heavy atom. The van der Waals surface area contributed by atoms with Crippen molar-refractivity contribution in [3.63, 3.8) is 0 Å². The van der Waals surface area contributed by atoms with Crippen molar-refractivity contribution in [2.45, 2.75) is 42.1 Å². The average molecular weight is 425 g/mol. The number of esters is 1. The molecule has 0 aromatic heterocycles. The predicted molar refractivity (Wildman–Crippen MR) is 99.9 cm³/mol. The Labute approximate surface area is 166 Å². The van der Waals surface area contributed by atoms with E-state index in [1.807, 2.05) is 0 Å². The highest BCUT2D eigenvalue weighted by Gasteiger charge is 2.36. The van der Waals surface area contributed by atoms with E-state index >= 15 is 0 Å². The van der Waals surface area contributed by atoms with Gasteiger partial charge in [0.25, 0.3) is 0 Å². The Kier molecular flexibility index (Phi) is 8.34. The Hall–Kier alpha value is -1.34. The lowest BCUT2D eigenvalue weighted by Crippen LogP contribution is -2.55. The Bertz CT molecular complexity index is 644. The van der Waals surface area contributed by atoms with Gasteiger partial charge in [0.1, 0.15) is 18.2 Å². The molecule has 26 heavy (non-hydrogen) atoms. The van der Waals surface area contributed by atoms with E-state index in [4.69, 9.17) is 39.5 Å². The van der Waals surface area contributed by atoms with Crippen molar-refractivity contribution >= 4 is 52.5 Å². The lowest BCUT2D eigenvalue weighted by molar-refractivity contribution is -0.151. The van der Waals surface area contributed by atoms with Crippen LogP contribution in [0.5, 0.6) is 0 Å². The quantitative estimate of drug-likeness (QED) is 0.359. The number of benzene rings is 1. The smallest absolute Gasteiger partial charge is 0.325 e. The zero-order valence-electron chi connectivity index (χ0n) is 14.3. The predicted octanol–water partition coefficient (Wildman–Crippen LogP) is 3.38. The third-order valence-corrected chi connectivity index (χ3v) is 3.79. The Balaban J connectivity index is 2.67. The van der Waals surface area contributed by atoms with Gasteiger partial charge < -0.3 is 9.84 Å². The van der Waals surface area contributed by atoms with E-state index in [0.29, 0.717) is 5.56 Å². The summed E-state index contributed by atoms with van der Waals surface area (Å²) in [5.74, 6) is -2.15. The summed E-state index contributed by atoms with van der Waals surface area (Å²) in [5, 5.41) is 12.1. The molecule has 2 N–H and O–H groups in total. The maximum Gasteiger partial charge on any atom is 0.325 e. The number of alkyl halides is 3. The molecule has 0 spiro atoms. The second kappa shape index (κ2) is 9.55. The normalized spacial score (nSPS) is 13.1. The molecule has 0 aliphatic rings. The van der Waals surface area contributed by atoms with Crippen LogP contribution >= 0.6 is 34.8 Å². The first kappa shape index (κ1) is 22.7. The second-order valence-electron chi connectivity index (χ2n) is 6.18. The highest BCUT2D eigenvalue weighted by molar-refractivity contribution is 6.67. The summed E-state index contributed by atoms with van der Waals surface area (Å²) in [6.07, 6.45) is 0.0114. The molecule has 6 nitrogen and oxygen atoms in total. The summed E-state index contributed by atoms with van der Waals surface area (Å²) in [6.45, 7) is 2.43. The zero-order valence-corrected chi connectivity index (χ0v) is 16.6. The topological polar surface area (TPSA) is 92.7 Å². The van der Waals surface area contributed by atoms with E-state index in [1.54, 1.807) is 30.3 Å². The van der Waals surface area contributed by atoms with Gasteiger partial charge in [-0.15, -0.1) is 0 Å². The molecule has 0 radical (unpaired) electrons. The van der Waals surface area contributed by atoms with Crippen LogP contribution in [-0.2, 0) is 14.3 Å². The zero-order chi connectivity index (χ0) is 20.0. The number of rotatable bonds is 9. The number of carbonyl (C=O) groups is 3. The Morgan fingerprint density at radius 2 is 1.73 bits per heavy atom. The van der Waals surface area contributed by atoms with Gasteiger partial charge in [0.15, 0.2) is 5.78 Å². The first-order valence-corrected chi connectivity index (χ1v) is 8.88. The minimum Gasteiger partial charge on any atom is -0.480 e. The number of carboxylic acids is 1. The molecule has 0 aliphatic heterocycles. The second-order valence-corrected chi connectivity index (χ2v) is 8.70. The van der Waals surface area contributed by atoms with E-state index in [2.05, 4.69) is 5.32 Å². The van der Waals surface area contributed by atoms with Crippen molar-refractivity contribution in [3.05, 3.63) is 35.9 Å². The highest BCUT2D eigenvalue weighted by Crippen LogP contribution is 2.26. The maximum absolute atomic E-state index is 12.1. The fourth-order valence-corrected chi connectivity index (χ4v) is 2.29. The number of Topliss-reactive ketones (excluding diaryl/α,β-unsaturated/α-hetero) is 1. The van der Waals surface area contributed by atoms with Gasteiger partial charge >= 0.3 is 11.9 Å². The van der Waals surface area contributed by atoms with Crippen molar-refractivity contribution in [2.75, 3.05) is 6.61 Å². The minimum absolute atomic E-state index is 0.00419. The molecule has 144 valence electrons. The molecule has 1 aromatic carbocycles. The molecule has 0 amide bonds. The van der Waals surface area contributed by atoms with Crippen LogP contribution in [0.15, 0.2) is 30.3 Å². The molecule has 1 atom stereocenters. The average Bonchev–Trinajstić information content (AvgIpc) is 2.55. The summed E-state index contributed by atoms with van der Waals surface area (Å²) in [5.41, 5.74) is -0.854. The molecular weight excluding hydrogens is 405 g/mol. The molecule has 0 saturated carbocycles. The van der Waals surface area contributed by atoms with Gasteiger partial charge in [-0.1, -0.05) is 65.1 Å². The summed E-state index contributed by atoms with van der Waals surface area (Å²) in [6, 6.07) is 7.42. The van der Waals surface area contributed by atoms with Crippen LogP contribution in [-0.4, -0.2) is 44.8 Å². The van der Waals surface area contributed by atoms with Crippen molar-refractivity contribution < 1.29 is 24.2 Å². The molecule has 0 saturated heterocycles. The number of hydrogen-bond acceptors (Lipinski definition) is 5. The van der Waals surface area contributed by atoms with E-state index < -0.39 is 33.9 Å². The maximum atomic E-state index is 12.1. The summed E-state index contributed by atoms with van der Waals surface area (Å²) < 4.78 is 3.13. The van der Waals surface area contributed by atoms with Gasteiger partial charge in [0.2, 0.25) is 3.79 Å². The van der Waals surface area contributed by atoms with Crippen molar-refractivity contribution in [1.82, 2.24) is 5.32 Å². The van der Waals surface area contributed by atoms with Crippen LogP contribution in [0, 0.1) is 0 Å². The molecule has 0 fully saturated rings. The number of hydrogen-bond donors (Lipinski definition) is 2.